The van der Waals surface area contributed by atoms with E-state index in [-0.39, 0.29) is 6.61 Å². The Balaban J connectivity index is 1.45. The summed E-state index contributed by atoms with van der Waals surface area (Å²) in [5.41, 5.74) is 2.18. The second-order valence-electron chi connectivity index (χ2n) is 6.90. The van der Waals surface area contributed by atoms with Gasteiger partial charge in [0.25, 0.3) is 0 Å². The average Bonchev–Trinajstić information content (AvgIpc) is 3.42. The predicted molar refractivity (Wildman–Crippen MR) is 117 cm³/mol. The molecule has 7 heteroatoms. The second-order valence-corrected chi connectivity index (χ2v) is 7.88. The molecule has 154 valence electrons. The fourth-order valence-electron chi connectivity index (χ4n) is 3.02. The molecule has 0 saturated heterocycles. The Bertz CT molecular complexity index is 1060. The topological polar surface area (TPSA) is 73.3 Å². The van der Waals surface area contributed by atoms with Crippen LogP contribution in [0.4, 0.5) is 0 Å². The Labute approximate surface area is 179 Å². The fraction of sp³-hybridized carbons (Fsp3) is 0.217. The number of hydrogen-bond acceptors (Lipinski definition) is 6. The Morgan fingerprint density at radius 1 is 1.03 bits per heavy atom. The quantitative estimate of drug-likeness (QED) is 0.403. The van der Waals surface area contributed by atoms with Crippen LogP contribution in [0.15, 0.2) is 82.6 Å². The van der Waals surface area contributed by atoms with Crippen LogP contribution < -0.4 is 4.74 Å². The van der Waals surface area contributed by atoms with Crippen molar-refractivity contribution in [2.24, 2.45) is 0 Å². The fourth-order valence-corrected chi connectivity index (χ4v) is 3.86. The molecule has 0 aliphatic rings. The van der Waals surface area contributed by atoms with Gasteiger partial charge in [-0.1, -0.05) is 60.3 Å². The summed E-state index contributed by atoms with van der Waals surface area (Å²) < 4.78 is 13.3. The summed E-state index contributed by atoms with van der Waals surface area (Å²) >= 11 is 1.45. The Morgan fingerprint density at radius 2 is 1.83 bits per heavy atom. The van der Waals surface area contributed by atoms with Crippen molar-refractivity contribution in [2.75, 3.05) is 12.4 Å². The molecule has 0 spiro atoms. The van der Waals surface area contributed by atoms with Gasteiger partial charge in [0.1, 0.15) is 12.4 Å². The summed E-state index contributed by atoms with van der Waals surface area (Å²) in [5, 5.41) is 19.8. The number of furan rings is 1. The van der Waals surface area contributed by atoms with Crippen LogP contribution in [-0.4, -0.2) is 38.3 Å². The van der Waals surface area contributed by atoms with Crippen LogP contribution >= 0.6 is 11.8 Å². The summed E-state index contributed by atoms with van der Waals surface area (Å²) in [6, 6.07) is 21.6. The molecule has 0 amide bonds. The number of para-hydroxylation sites is 1. The molecule has 2 aromatic carbocycles. The monoisotopic (exact) mass is 421 g/mol. The Kier molecular flexibility index (Phi) is 6.51. The van der Waals surface area contributed by atoms with Gasteiger partial charge in [-0.05, 0) is 36.2 Å². The van der Waals surface area contributed by atoms with Crippen molar-refractivity contribution >= 4 is 11.8 Å². The van der Waals surface area contributed by atoms with Gasteiger partial charge < -0.3 is 14.3 Å². The standard InChI is InChI=1S/C23H23N3O3S/c1-17-8-5-6-11-20(17)29-15-19(27)16-30-23-25-24-22(21-12-7-13-28-21)26(23)14-18-9-3-2-4-10-18/h2-13,19,27H,14-16H2,1H3/t19-/m0/s1. The van der Waals surface area contributed by atoms with E-state index in [1.54, 1.807) is 6.26 Å². The number of benzene rings is 2. The lowest BCUT2D eigenvalue weighted by atomic mass is 10.2. The highest BCUT2D eigenvalue weighted by Crippen LogP contribution is 2.26. The number of ether oxygens (including phenoxy) is 1. The van der Waals surface area contributed by atoms with Gasteiger partial charge in [-0.25, -0.2) is 0 Å². The van der Waals surface area contributed by atoms with Crippen molar-refractivity contribution in [1.29, 1.82) is 0 Å². The van der Waals surface area contributed by atoms with E-state index in [1.807, 2.05) is 66.1 Å². The van der Waals surface area contributed by atoms with Crippen molar-refractivity contribution in [3.8, 4) is 17.3 Å². The number of rotatable bonds is 9. The van der Waals surface area contributed by atoms with Gasteiger partial charge in [-0.15, -0.1) is 10.2 Å². The first kappa shape index (κ1) is 20.3. The van der Waals surface area contributed by atoms with Crippen LogP contribution in [0.1, 0.15) is 11.1 Å². The lowest BCUT2D eigenvalue weighted by molar-refractivity contribution is 0.126. The maximum Gasteiger partial charge on any atom is 0.200 e. The summed E-state index contributed by atoms with van der Waals surface area (Å²) in [6.45, 7) is 2.82. The maximum absolute atomic E-state index is 10.4. The van der Waals surface area contributed by atoms with Crippen LogP contribution in [0.2, 0.25) is 0 Å². The van der Waals surface area contributed by atoms with E-state index < -0.39 is 6.10 Å². The first-order valence-corrected chi connectivity index (χ1v) is 10.7. The van der Waals surface area contributed by atoms with Gasteiger partial charge in [-0.2, -0.15) is 0 Å². The maximum atomic E-state index is 10.4. The molecule has 1 atom stereocenters. The molecule has 0 saturated carbocycles. The van der Waals surface area contributed by atoms with Crippen molar-refractivity contribution in [3.63, 3.8) is 0 Å². The zero-order valence-corrected chi connectivity index (χ0v) is 17.5. The minimum absolute atomic E-state index is 0.218. The van der Waals surface area contributed by atoms with E-state index in [2.05, 4.69) is 22.3 Å². The molecule has 0 aliphatic heterocycles. The van der Waals surface area contributed by atoms with Crippen LogP contribution in [0.5, 0.6) is 5.75 Å². The Morgan fingerprint density at radius 3 is 2.60 bits per heavy atom. The van der Waals surface area contributed by atoms with Gasteiger partial charge in [0.15, 0.2) is 10.9 Å². The third kappa shape index (κ3) is 4.93. The third-order valence-corrected chi connectivity index (χ3v) is 5.68. The third-order valence-electron chi connectivity index (χ3n) is 4.57. The van der Waals surface area contributed by atoms with E-state index >= 15 is 0 Å². The normalized spacial score (nSPS) is 12.1. The summed E-state index contributed by atoms with van der Waals surface area (Å²) in [5.74, 6) is 2.55. The summed E-state index contributed by atoms with van der Waals surface area (Å²) in [7, 11) is 0. The molecular formula is C23H23N3O3S. The lowest BCUT2D eigenvalue weighted by Gasteiger charge is -2.14. The van der Waals surface area contributed by atoms with E-state index in [0.29, 0.717) is 23.9 Å². The lowest BCUT2D eigenvalue weighted by Crippen LogP contribution is -2.20. The van der Waals surface area contributed by atoms with Crippen LogP contribution in [0.3, 0.4) is 0 Å². The largest absolute Gasteiger partial charge is 0.491 e. The molecule has 30 heavy (non-hydrogen) atoms. The number of aryl methyl sites for hydroxylation is 1. The average molecular weight is 422 g/mol. The number of thioether (sulfide) groups is 1. The molecule has 0 unspecified atom stereocenters. The SMILES string of the molecule is Cc1ccccc1OC[C@H](O)CSc1nnc(-c2ccco2)n1Cc1ccccc1. The Hall–Kier alpha value is -3.03. The molecule has 0 aliphatic carbocycles. The highest BCUT2D eigenvalue weighted by atomic mass is 32.2. The van der Waals surface area contributed by atoms with Crippen LogP contribution in [0.25, 0.3) is 11.6 Å². The minimum Gasteiger partial charge on any atom is -0.491 e. The highest BCUT2D eigenvalue weighted by molar-refractivity contribution is 7.99. The molecule has 6 nitrogen and oxygen atoms in total. The first-order valence-electron chi connectivity index (χ1n) is 9.71. The summed E-state index contributed by atoms with van der Waals surface area (Å²) in [4.78, 5) is 0. The highest BCUT2D eigenvalue weighted by Gasteiger charge is 2.18. The molecule has 0 radical (unpaired) electrons. The van der Waals surface area contributed by atoms with Crippen LogP contribution in [0, 0.1) is 6.92 Å². The number of aromatic nitrogens is 3. The van der Waals surface area contributed by atoms with Gasteiger partial charge in [0.05, 0.1) is 18.9 Å². The molecule has 2 aromatic heterocycles. The van der Waals surface area contributed by atoms with E-state index in [4.69, 9.17) is 9.15 Å². The zero-order chi connectivity index (χ0) is 20.8. The van der Waals surface area contributed by atoms with Crippen molar-refractivity contribution in [1.82, 2.24) is 14.8 Å². The van der Waals surface area contributed by atoms with Gasteiger partial charge in [-0.3, -0.25) is 4.57 Å². The first-order chi connectivity index (χ1) is 14.7. The zero-order valence-electron chi connectivity index (χ0n) is 16.6. The van der Waals surface area contributed by atoms with E-state index in [1.165, 1.54) is 11.8 Å². The molecule has 0 bridgehead atoms. The minimum atomic E-state index is -0.636. The number of hydrogen-bond donors (Lipinski definition) is 1. The van der Waals surface area contributed by atoms with Crippen molar-refractivity contribution in [2.45, 2.75) is 24.7 Å². The van der Waals surface area contributed by atoms with Crippen LogP contribution in [-0.2, 0) is 6.54 Å². The smallest absolute Gasteiger partial charge is 0.200 e. The van der Waals surface area contributed by atoms with Crippen molar-refractivity contribution in [3.05, 3.63) is 84.1 Å². The van der Waals surface area contributed by atoms with E-state index in [0.717, 1.165) is 22.0 Å². The van der Waals surface area contributed by atoms with E-state index in [9.17, 15) is 5.11 Å². The molecule has 4 aromatic rings. The van der Waals surface area contributed by atoms with Gasteiger partial charge in [0.2, 0.25) is 5.82 Å². The van der Waals surface area contributed by atoms with Gasteiger partial charge >= 0.3 is 0 Å². The van der Waals surface area contributed by atoms with Crippen molar-refractivity contribution < 1.29 is 14.3 Å². The number of nitrogens with zero attached hydrogens (tertiary/aromatic N) is 3. The second kappa shape index (κ2) is 9.65. The summed E-state index contributed by atoms with van der Waals surface area (Å²) in [6.07, 6.45) is 0.986. The molecule has 1 N–H and O–H groups in total. The number of aliphatic hydroxyl groups is 1. The predicted octanol–water partition coefficient (Wildman–Crippen LogP) is 4.43. The van der Waals surface area contributed by atoms with Gasteiger partial charge in [0, 0.05) is 5.75 Å². The molecule has 4 rings (SSSR count). The molecule has 2 heterocycles. The molecule has 0 fully saturated rings. The number of aliphatic hydroxyl groups excluding tert-OH is 1. The molecular weight excluding hydrogens is 398 g/mol.